The summed E-state index contributed by atoms with van der Waals surface area (Å²) in [5.74, 6) is -0.0386. The predicted molar refractivity (Wildman–Crippen MR) is 96.4 cm³/mol. The highest BCUT2D eigenvalue weighted by atomic mass is 19.3. The molecule has 0 aliphatic carbocycles. The van der Waals surface area contributed by atoms with Crippen molar-refractivity contribution in [2.45, 2.75) is 19.1 Å². The van der Waals surface area contributed by atoms with Crippen molar-refractivity contribution in [1.29, 1.82) is 0 Å². The minimum Gasteiger partial charge on any atom is -0.497 e. The molecule has 0 aromatic heterocycles. The lowest BCUT2D eigenvalue weighted by Gasteiger charge is -2.21. The number of hydrogen-bond donors (Lipinski definition) is 1. The fourth-order valence-corrected chi connectivity index (χ4v) is 2.74. The van der Waals surface area contributed by atoms with Crippen molar-refractivity contribution >= 4 is 18.2 Å². The van der Waals surface area contributed by atoms with E-state index < -0.39 is 24.1 Å². The van der Waals surface area contributed by atoms with Gasteiger partial charge in [-0.2, -0.15) is 13.9 Å². The molecule has 2 aromatic carbocycles. The molecule has 0 radical (unpaired) electrons. The van der Waals surface area contributed by atoms with Gasteiger partial charge in [-0.1, -0.05) is 24.3 Å². The maximum Gasteiger partial charge on any atom is 0.387 e. The average Bonchev–Trinajstić information content (AvgIpc) is 2.89. The van der Waals surface area contributed by atoms with Crippen molar-refractivity contribution in [3.05, 3.63) is 59.7 Å². The van der Waals surface area contributed by atoms with Crippen LogP contribution in [0.1, 0.15) is 18.1 Å². The Labute approximate surface area is 159 Å². The fraction of sp³-hybridized carbons (Fsp3) is 0.211. The molecule has 7 nitrogen and oxygen atoms in total. The summed E-state index contributed by atoms with van der Waals surface area (Å²) < 4.78 is 33.9. The summed E-state index contributed by atoms with van der Waals surface area (Å²) in [6.45, 7) is -1.44. The van der Waals surface area contributed by atoms with E-state index in [1.807, 2.05) is 0 Å². The number of carbonyl (C=O) groups excluding carboxylic acids is 2. The standard InChI is InChI=1S/C19H17F2N3O4/c1-19(13-6-8-14(9-7-13)28-17(20)21)16(25)24(18(26)23-19)22-11-12-4-3-5-15(10-12)27-2/h3-11,17H,1-2H3,(H,23,26)/b22-11-/t19-/m1/s1. The lowest BCUT2D eigenvalue weighted by atomic mass is 9.92. The molecule has 0 spiro atoms. The number of halogens is 2. The summed E-state index contributed by atoms with van der Waals surface area (Å²) in [6.07, 6.45) is 1.37. The zero-order valence-electron chi connectivity index (χ0n) is 15.1. The molecule has 2 aromatic rings. The molecule has 146 valence electrons. The van der Waals surface area contributed by atoms with E-state index in [1.54, 1.807) is 24.3 Å². The summed E-state index contributed by atoms with van der Waals surface area (Å²) in [5, 5.41) is 7.28. The van der Waals surface area contributed by atoms with E-state index in [4.69, 9.17) is 4.74 Å². The maximum atomic E-state index is 12.8. The smallest absolute Gasteiger partial charge is 0.387 e. The normalized spacial score (nSPS) is 19.4. The first kappa shape index (κ1) is 19.3. The molecule has 3 rings (SSSR count). The molecular weight excluding hydrogens is 372 g/mol. The lowest BCUT2D eigenvalue weighted by molar-refractivity contribution is -0.131. The minimum absolute atomic E-state index is 0.0491. The van der Waals surface area contributed by atoms with E-state index in [9.17, 15) is 18.4 Å². The Hall–Kier alpha value is -3.49. The summed E-state index contributed by atoms with van der Waals surface area (Å²) >= 11 is 0. The molecule has 3 amide bonds. The quantitative estimate of drug-likeness (QED) is 0.608. The monoisotopic (exact) mass is 389 g/mol. The third kappa shape index (κ3) is 3.78. The molecule has 0 bridgehead atoms. The first-order valence-electron chi connectivity index (χ1n) is 8.23. The van der Waals surface area contributed by atoms with Crippen molar-refractivity contribution in [2.24, 2.45) is 5.10 Å². The van der Waals surface area contributed by atoms with E-state index in [1.165, 1.54) is 44.5 Å². The third-order valence-electron chi connectivity index (χ3n) is 4.24. The molecule has 1 aliphatic rings. The fourth-order valence-electron chi connectivity index (χ4n) is 2.74. The number of ether oxygens (including phenoxy) is 2. The summed E-state index contributed by atoms with van der Waals surface area (Å²) in [7, 11) is 1.52. The van der Waals surface area contributed by atoms with Gasteiger partial charge in [-0.05, 0) is 42.3 Å². The van der Waals surface area contributed by atoms with Crippen LogP contribution in [0.2, 0.25) is 0 Å². The van der Waals surface area contributed by atoms with E-state index in [-0.39, 0.29) is 5.75 Å². The second-order valence-corrected chi connectivity index (χ2v) is 6.10. The molecule has 1 heterocycles. The van der Waals surface area contributed by atoms with Crippen LogP contribution in [0.15, 0.2) is 53.6 Å². The molecule has 9 heteroatoms. The number of carbonyl (C=O) groups is 2. The lowest BCUT2D eigenvalue weighted by Crippen LogP contribution is -2.40. The Morgan fingerprint density at radius 3 is 2.50 bits per heavy atom. The summed E-state index contributed by atoms with van der Waals surface area (Å²) in [4.78, 5) is 25.1. The van der Waals surface area contributed by atoms with Crippen LogP contribution in [-0.4, -0.2) is 36.9 Å². The van der Waals surface area contributed by atoms with Crippen molar-refractivity contribution < 1.29 is 27.8 Å². The van der Waals surface area contributed by atoms with Crippen molar-refractivity contribution in [3.63, 3.8) is 0 Å². The van der Waals surface area contributed by atoms with Crippen molar-refractivity contribution in [2.75, 3.05) is 7.11 Å². The number of nitrogens with one attached hydrogen (secondary N) is 1. The highest BCUT2D eigenvalue weighted by Gasteiger charge is 2.49. The van der Waals surface area contributed by atoms with Gasteiger partial charge in [0.2, 0.25) is 0 Å². The Bertz CT molecular complexity index is 918. The first-order chi connectivity index (χ1) is 13.3. The van der Waals surface area contributed by atoms with Crippen LogP contribution >= 0.6 is 0 Å². The largest absolute Gasteiger partial charge is 0.497 e. The molecular formula is C19H17F2N3O4. The van der Waals surface area contributed by atoms with Gasteiger partial charge >= 0.3 is 12.6 Å². The van der Waals surface area contributed by atoms with E-state index in [2.05, 4.69) is 15.2 Å². The van der Waals surface area contributed by atoms with Crippen LogP contribution < -0.4 is 14.8 Å². The van der Waals surface area contributed by atoms with Gasteiger partial charge in [-0.3, -0.25) is 4.79 Å². The van der Waals surface area contributed by atoms with Crippen LogP contribution in [0.25, 0.3) is 0 Å². The minimum atomic E-state index is -2.95. The number of benzene rings is 2. The second kappa shape index (κ2) is 7.63. The van der Waals surface area contributed by atoms with Gasteiger partial charge in [0.05, 0.1) is 13.3 Å². The Morgan fingerprint density at radius 2 is 1.86 bits per heavy atom. The number of urea groups is 1. The highest BCUT2D eigenvalue weighted by Crippen LogP contribution is 2.30. The van der Waals surface area contributed by atoms with Gasteiger partial charge in [-0.25, -0.2) is 4.79 Å². The first-order valence-corrected chi connectivity index (χ1v) is 8.23. The predicted octanol–water partition coefficient (Wildman–Crippen LogP) is 3.10. The van der Waals surface area contributed by atoms with Gasteiger partial charge in [-0.15, -0.1) is 5.01 Å². The molecule has 0 saturated carbocycles. The van der Waals surface area contributed by atoms with Gasteiger partial charge < -0.3 is 14.8 Å². The number of hydrazone groups is 1. The number of amides is 3. The molecule has 1 aliphatic heterocycles. The van der Waals surface area contributed by atoms with Crippen LogP contribution in [0.4, 0.5) is 13.6 Å². The Kier molecular flexibility index (Phi) is 5.25. The Balaban J connectivity index is 1.81. The van der Waals surface area contributed by atoms with Gasteiger partial charge in [0.15, 0.2) is 0 Å². The molecule has 1 fully saturated rings. The number of nitrogens with zero attached hydrogens (tertiary/aromatic N) is 2. The molecule has 0 unspecified atom stereocenters. The van der Waals surface area contributed by atoms with Crippen LogP contribution in [-0.2, 0) is 10.3 Å². The average molecular weight is 389 g/mol. The molecule has 1 saturated heterocycles. The molecule has 1 N–H and O–H groups in total. The van der Waals surface area contributed by atoms with E-state index in [0.717, 1.165) is 5.01 Å². The number of rotatable bonds is 6. The summed E-state index contributed by atoms with van der Waals surface area (Å²) in [5.41, 5.74) is -0.333. The third-order valence-corrected chi connectivity index (χ3v) is 4.24. The summed E-state index contributed by atoms with van der Waals surface area (Å²) in [6, 6.07) is 11.7. The number of imide groups is 1. The Morgan fingerprint density at radius 1 is 1.14 bits per heavy atom. The maximum absolute atomic E-state index is 12.8. The van der Waals surface area contributed by atoms with Gasteiger partial charge in [0.25, 0.3) is 5.91 Å². The van der Waals surface area contributed by atoms with Gasteiger partial charge in [0, 0.05) is 0 Å². The highest BCUT2D eigenvalue weighted by molar-refractivity contribution is 6.07. The zero-order chi connectivity index (χ0) is 20.3. The molecule has 1 atom stereocenters. The van der Waals surface area contributed by atoms with E-state index in [0.29, 0.717) is 16.9 Å². The number of methoxy groups -OCH3 is 1. The topological polar surface area (TPSA) is 80.2 Å². The second-order valence-electron chi connectivity index (χ2n) is 6.10. The van der Waals surface area contributed by atoms with Crippen molar-refractivity contribution in [1.82, 2.24) is 10.3 Å². The van der Waals surface area contributed by atoms with Crippen LogP contribution in [0.5, 0.6) is 11.5 Å². The van der Waals surface area contributed by atoms with E-state index >= 15 is 0 Å². The SMILES string of the molecule is COc1cccc(/C=N\N2C(=O)N[C@](C)(c3ccc(OC(F)F)cc3)C2=O)c1. The number of hydrogen-bond acceptors (Lipinski definition) is 5. The van der Waals surface area contributed by atoms with Crippen LogP contribution in [0.3, 0.4) is 0 Å². The van der Waals surface area contributed by atoms with Crippen molar-refractivity contribution in [3.8, 4) is 11.5 Å². The number of alkyl halides is 2. The van der Waals surface area contributed by atoms with Crippen LogP contribution in [0, 0.1) is 0 Å². The zero-order valence-corrected chi connectivity index (χ0v) is 15.1. The van der Waals surface area contributed by atoms with Gasteiger partial charge in [0.1, 0.15) is 17.0 Å². The molecule has 28 heavy (non-hydrogen) atoms.